The van der Waals surface area contributed by atoms with E-state index in [1.807, 2.05) is 0 Å². The maximum atomic E-state index is 12.9. The molecule has 31 heavy (non-hydrogen) atoms. The van der Waals surface area contributed by atoms with Crippen molar-refractivity contribution in [2.45, 2.75) is 18.9 Å². The minimum atomic E-state index is -0.570. The lowest BCUT2D eigenvalue weighted by Crippen LogP contribution is -2.43. The van der Waals surface area contributed by atoms with Gasteiger partial charge in [-0.15, -0.1) is 0 Å². The van der Waals surface area contributed by atoms with E-state index >= 15 is 0 Å². The molecule has 0 bridgehead atoms. The fraction of sp³-hybridized carbons (Fsp3) is 0.182. The minimum Gasteiger partial charge on any atom is -0.424 e. The second kappa shape index (κ2) is 9.32. The van der Waals surface area contributed by atoms with Crippen LogP contribution in [0.2, 0.25) is 10.0 Å². The van der Waals surface area contributed by atoms with E-state index in [0.29, 0.717) is 40.0 Å². The van der Waals surface area contributed by atoms with Gasteiger partial charge in [-0.2, -0.15) is 0 Å². The quantitative estimate of drug-likeness (QED) is 0.594. The number of carbonyl (C=O) groups is 2. The summed E-state index contributed by atoms with van der Waals surface area (Å²) in [5, 5.41) is 3.61. The first-order chi connectivity index (χ1) is 15.0. The summed E-state index contributed by atoms with van der Waals surface area (Å²) in [7, 11) is 0. The zero-order valence-electron chi connectivity index (χ0n) is 16.3. The zero-order chi connectivity index (χ0) is 21.8. The van der Waals surface area contributed by atoms with Gasteiger partial charge in [0.05, 0.1) is 0 Å². The highest BCUT2D eigenvalue weighted by Crippen LogP contribution is 2.26. The molecule has 2 heterocycles. The molecule has 0 aliphatic carbocycles. The molecule has 1 aliphatic rings. The van der Waals surface area contributed by atoms with Crippen LogP contribution in [0.4, 0.5) is 5.69 Å². The summed E-state index contributed by atoms with van der Waals surface area (Å²) in [6.07, 6.45) is 4.49. The standard InChI is InChI=1S/C22H18Cl2N4O3/c23-15-11-14(12-16(24)13-15)21(30)28-10-1-3-19(28)20(29)27-17-4-6-18(7-5-17)31-22-25-8-2-9-26-22/h2,4-9,11-13,19H,1,3,10H2,(H,27,29). The van der Waals surface area contributed by atoms with Crippen molar-refractivity contribution in [3.8, 4) is 11.8 Å². The van der Waals surface area contributed by atoms with E-state index < -0.39 is 6.04 Å². The number of ether oxygens (including phenoxy) is 1. The van der Waals surface area contributed by atoms with E-state index in [-0.39, 0.29) is 17.8 Å². The number of halogens is 2. The predicted molar refractivity (Wildman–Crippen MR) is 118 cm³/mol. The second-order valence-corrected chi connectivity index (χ2v) is 7.83. The lowest BCUT2D eigenvalue weighted by Gasteiger charge is -2.24. The maximum absolute atomic E-state index is 12.9. The van der Waals surface area contributed by atoms with E-state index in [1.165, 1.54) is 0 Å². The number of rotatable bonds is 5. The van der Waals surface area contributed by atoms with E-state index in [4.69, 9.17) is 27.9 Å². The van der Waals surface area contributed by atoms with Crippen molar-refractivity contribution in [1.29, 1.82) is 0 Å². The van der Waals surface area contributed by atoms with Crippen LogP contribution < -0.4 is 10.1 Å². The van der Waals surface area contributed by atoms with Gasteiger partial charge in [0.1, 0.15) is 11.8 Å². The van der Waals surface area contributed by atoms with Gasteiger partial charge < -0.3 is 15.0 Å². The molecule has 0 spiro atoms. The van der Waals surface area contributed by atoms with E-state index in [0.717, 1.165) is 6.42 Å². The van der Waals surface area contributed by atoms with Crippen molar-refractivity contribution < 1.29 is 14.3 Å². The van der Waals surface area contributed by atoms with Gasteiger partial charge in [-0.3, -0.25) is 9.59 Å². The van der Waals surface area contributed by atoms with Gasteiger partial charge in [0.15, 0.2) is 0 Å². The highest BCUT2D eigenvalue weighted by molar-refractivity contribution is 6.35. The molecule has 1 aliphatic heterocycles. The summed E-state index contributed by atoms with van der Waals surface area (Å²) in [5.74, 6) is 0.0207. The van der Waals surface area contributed by atoms with Gasteiger partial charge in [0, 0.05) is 40.2 Å². The molecule has 0 saturated carbocycles. The first-order valence-corrected chi connectivity index (χ1v) is 10.4. The third-order valence-electron chi connectivity index (χ3n) is 4.80. The molecule has 1 atom stereocenters. The Bertz CT molecular complexity index is 1070. The van der Waals surface area contributed by atoms with Crippen molar-refractivity contribution in [2.24, 2.45) is 0 Å². The number of anilines is 1. The topological polar surface area (TPSA) is 84.4 Å². The van der Waals surface area contributed by atoms with E-state index in [2.05, 4.69) is 15.3 Å². The molecule has 1 N–H and O–H groups in total. The van der Waals surface area contributed by atoms with Crippen LogP contribution in [0, 0.1) is 0 Å². The Morgan fingerprint density at radius 1 is 1.03 bits per heavy atom. The number of aromatic nitrogens is 2. The van der Waals surface area contributed by atoms with Gasteiger partial charge in [-0.05, 0) is 61.4 Å². The van der Waals surface area contributed by atoms with Gasteiger partial charge in [0.25, 0.3) is 5.91 Å². The van der Waals surface area contributed by atoms with E-state index in [9.17, 15) is 9.59 Å². The van der Waals surface area contributed by atoms with Crippen LogP contribution in [0.25, 0.3) is 0 Å². The van der Waals surface area contributed by atoms with Crippen LogP contribution in [-0.2, 0) is 4.79 Å². The van der Waals surface area contributed by atoms with Crippen molar-refractivity contribution in [2.75, 3.05) is 11.9 Å². The third kappa shape index (κ3) is 5.13. The highest BCUT2D eigenvalue weighted by Gasteiger charge is 2.34. The fourth-order valence-electron chi connectivity index (χ4n) is 3.40. The number of benzene rings is 2. The van der Waals surface area contributed by atoms with Crippen LogP contribution in [0.3, 0.4) is 0 Å². The predicted octanol–water partition coefficient (Wildman–Crippen LogP) is 4.82. The Morgan fingerprint density at radius 3 is 2.39 bits per heavy atom. The lowest BCUT2D eigenvalue weighted by atomic mass is 10.1. The van der Waals surface area contributed by atoms with Gasteiger partial charge in [0.2, 0.25) is 5.91 Å². The molecule has 0 radical (unpaired) electrons. The second-order valence-electron chi connectivity index (χ2n) is 6.96. The Labute approximate surface area is 189 Å². The minimum absolute atomic E-state index is 0.237. The van der Waals surface area contributed by atoms with Crippen LogP contribution in [0.1, 0.15) is 23.2 Å². The molecule has 2 aromatic carbocycles. The van der Waals surface area contributed by atoms with Crippen LogP contribution in [0.15, 0.2) is 60.9 Å². The smallest absolute Gasteiger partial charge is 0.321 e. The average Bonchev–Trinajstić information content (AvgIpc) is 3.25. The number of nitrogens with zero attached hydrogens (tertiary/aromatic N) is 3. The Kier molecular flexibility index (Phi) is 6.34. The van der Waals surface area contributed by atoms with Crippen LogP contribution in [0.5, 0.6) is 11.8 Å². The summed E-state index contributed by atoms with van der Waals surface area (Å²) in [6.45, 7) is 0.491. The van der Waals surface area contributed by atoms with Crippen molar-refractivity contribution >= 4 is 40.7 Å². The highest BCUT2D eigenvalue weighted by atomic mass is 35.5. The molecule has 1 aromatic heterocycles. The molecular formula is C22H18Cl2N4O3. The molecule has 9 heteroatoms. The number of likely N-dealkylation sites (tertiary alicyclic amines) is 1. The summed E-state index contributed by atoms with van der Waals surface area (Å²) < 4.78 is 5.55. The fourth-order valence-corrected chi connectivity index (χ4v) is 3.93. The molecule has 4 rings (SSSR count). The normalized spacial score (nSPS) is 15.5. The molecular weight excluding hydrogens is 439 g/mol. The summed E-state index contributed by atoms with van der Waals surface area (Å²) in [5.41, 5.74) is 0.957. The number of amides is 2. The molecule has 1 fully saturated rings. The summed E-state index contributed by atoms with van der Waals surface area (Å²) >= 11 is 12.0. The van der Waals surface area contributed by atoms with Crippen molar-refractivity contribution in [3.63, 3.8) is 0 Å². The van der Waals surface area contributed by atoms with Crippen molar-refractivity contribution in [1.82, 2.24) is 14.9 Å². The first kappa shape index (κ1) is 21.1. The third-order valence-corrected chi connectivity index (χ3v) is 5.24. The molecule has 3 aromatic rings. The number of nitrogens with one attached hydrogen (secondary N) is 1. The molecule has 1 saturated heterocycles. The number of carbonyl (C=O) groups excluding carboxylic acids is 2. The maximum Gasteiger partial charge on any atom is 0.321 e. The molecule has 2 amide bonds. The monoisotopic (exact) mass is 456 g/mol. The Balaban J connectivity index is 1.42. The number of hydrogen-bond acceptors (Lipinski definition) is 5. The average molecular weight is 457 g/mol. The largest absolute Gasteiger partial charge is 0.424 e. The Hall–Kier alpha value is -3.16. The van der Waals surface area contributed by atoms with Crippen LogP contribution in [-0.4, -0.2) is 39.3 Å². The summed E-state index contributed by atoms with van der Waals surface area (Å²) in [4.78, 5) is 35.4. The van der Waals surface area contributed by atoms with Crippen LogP contribution >= 0.6 is 23.2 Å². The van der Waals surface area contributed by atoms with Gasteiger partial charge in [-0.25, -0.2) is 9.97 Å². The SMILES string of the molecule is O=C(Nc1ccc(Oc2ncccn2)cc1)C1CCCN1C(=O)c1cc(Cl)cc(Cl)c1. The van der Waals surface area contributed by atoms with E-state index in [1.54, 1.807) is 65.8 Å². The van der Waals surface area contributed by atoms with Gasteiger partial charge >= 0.3 is 6.01 Å². The zero-order valence-corrected chi connectivity index (χ0v) is 17.8. The molecule has 158 valence electrons. The number of hydrogen-bond donors (Lipinski definition) is 1. The Morgan fingerprint density at radius 2 is 1.71 bits per heavy atom. The lowest BCUT2D eigenvalue weighted by molar-refractivity contribution is -0.119. The summed E-state index contributed by atoms with van der Waals surface area (Å²) in [6, 6.07) is 12.9. The first-order valence-electron chi connectivity index (χ1n) is 9.62. The molecule has 7 nitrogen and oxygen atoms in total. The van der Waals surface area contributed by atoms with Crippen molar-refractivity contribution in [3.05, 3.63) is 76.5 Å². The molecule has 1 unspecified atom stereocenters. The van der Waals surface area contributed by atoms with Gasteiger partial charge in [-0.1, -0.05) is 23.2 Å².